The molecule has 0 aliphatic carbocycles. The second kappa shape index (κ2) is 11.5. The van der Waals surface area contributed by atoms with Crippen LogP contribution in [0.25, 0.3) is 0 Å². The van der Waals surface area contributed by atoms with Crippen LogP contribution in [0.3, 0.4) is 0 Å². The highest BCUT2D eigenvalue weighted by atomic mass is 28.4. The van der Waals surface area contributed by atoms with Crippen molar-refractivity contribution >= 4 is 37.1 Å². The highest BCUT2D eigenvalue weighted by Gasteiger charge is 2.55. The van der Waals surface area contributed by atoms with E-state index in [4.69, 9.17) is 23.7 Å². The van der Waals surface area contributed by atoms with Crippen LogP contribution in [0.4, 0.5) is 0 Å². The summed E-state index contributed by atoms with van der Waals surface area (Å²) in [7, 11) is -6.79. The van der Waals surface area contributed by atoms with Crippen LogP contribution in [-0.2, 0) is 18.0 Å². The minimum absolute atomic E-state index is 0.0171. The zero-order valence-electron chi connectivity index (χ0n) is 27.6. The number of nitrogens with two attached hydrogens (primary N) is 1. The number of ether oxygens (including phenoxy) is 1. The van der Waals surface area contributed by atoms with Crippen LogP contribution >= 0.6 is 0 Å². The van der Waals surface area contributed by atoms with Gasteiger partial charge in [-0.2, -0.15) is 0 Å². The molecule has 0 spiro atoms. The van der Waals surface area contributed by atoms with Gasteiger partial charge in [-0.25, -0.2) is 4.98 Å². The first-order valence-corrected chi connectivity index (χ1v) is 23.0. The molecule has 2 heterocycles. The van der Waals surface area contributed by atoms with Crippen LogP contribution < -0.4 is 5.73 Å². The normalized spacial score (nSPS) is 23.5. The fourth-order valence-corrected chi connectivity index (χ4v) is 7.37. The maximum Gasteiger partial charge on any atom is 0.269 e. The zero-order chi connectivity index (χ0) is 31.3. The lowest BCUT2D eigenvalue weighted by atomic mass is 10.1. The standard InChI is InChI=1S/C28H55N3O6Si3/c1-26(2,3)38(10,11)34-17-20-22(36-39(12,13)27(4,5)6)23(37-40(14,15)28(7,8)9)25(35-20)31-18-30-21(24(29)33)19(31)16-32/h16,18,20,22-23,25H,17H2,1-15H3,(H2,29,33)/t20-,22-,23-,25-/m1/s1. The van der Waals surface area contributed by atoms with Crippen molar-refractivity contribution in [1.29, 1.82) is 0 Å². The van der Waals surface area contributed by atoms with Gasteiger partial charge in [0.2, 0.25) is 0 Å². The summed E-state index contributed by atoms with van der Waals surface area (Å²) in [6.07, 6.45) is -0.181. The van der Waals surface area contributed by atoms with E-state index in [1.165, 1.54) is 6.33 Å². The summed E-state index contributed by atoms with van der Waals surface area (Å²) < 4.78 is 29.2. The van der Waals surface area contributed by atoms with Crippen molar-refractivity contribution in [2.75, 3.05) is 6.61 Å². The van der Waals surface area contributed by atoms with Crippen molar-refractivity contribution in [3.05, 3.63) is 17.7 Å². The quantitative estimate of drug-likeness (QED) is 0.237. The molecule has 230 valence electrons. The Hall–Kier alpha value is -1.16. The fraction of sp³-hybridized carbons (Fsp3) is 0.821. The minimum Gasteiger partial charge on any atom is -0.414 e. The number of aromatic nitrogens is 2. The first-order chi connectivity index (χ1) is 17.8. The van der Waals surface area contributed by atoms with E-state index in [-0.39, 0.29) is 26.5 Å². The molecule has 1 aromatic heterocycles. The first kappa shape index (κ1) is 35.0. The predicted molar refractivity (Wildman–Crippen MR) is 167 cm³/mol. The molecule has 1 aliphatic heterocycles. The number of hydrogen-bond donors (Lipinski definition) is 1. The Bertz CT molecular complexity index is 1070. The molecule has 0 bridgehead atoms. The Morgan fingerprint density at radius 1 is 0.900 bits per heavy atom. The van der Waals surface area contributed by atoms with Crippen molar-refractivity contribution in [2.45, 2.75) is 141 Å². The molecule has 1 aliphatic rings. The molecular weight excluding hydrogens is 559 g/mol. The number of carbonyl (C=O) groups is 2. The van der Waals surface area contributed by atoms with Crippen LogP contribution in [-0.4, -0.2) is 71.6 Å². The summed E-state index contributed by atoms with van der Waals surface area (Å²) in [5.74, 6) is -0.771. The topological polar surface area (TPSA) is 115 Å². The van der Waals surface area contributed by atoms with Gasteiger partial charge in [0.25, 0.3) is 5.91 Å². The van der Waals surface area contributed by atoms with Crippen molar-refractivity contribution in [1.82, 2.24) is 9.55 Å². The van der Waals surface area contributed by atoms with E-state index < -0.39 is 55.4 Å². The van der Waals surface area contributed by atoms with Gasteiger partial charge in [-0.3, -0.25) is 14.2 Å². The number of rotatable bonds is 10. The van der Waals surface area contributed by atoms with Gasteiger partial charge in [-0.1, -0.05) is 62.3 Å². The van der Waals surface area contributed by atoms with E-state index in [0.29, 0.717) is 12.9 Å². The monoisotopic (exact) mass is 613 g/mol. The highest BCUT2D eigenvalue weighted by molar-refractivity contribution is 6.75. The summed E-state index contributed by atoms with van der Waals surface area (Å²) in [5.41, 5.74) is 5.52. The number of amides is 1. The van der Waals surface area contributed by atoms with Crippen LogP contribution in [0.5, 0.6) is 0 Å². The molecule has 12 heteroatoms. The molecule has 40 heavy (non-hydrogen) atoms. The van der Waals surface area contributed by atoms with E-state index in [1.54, 1.807) is 4.57 Å². The molecule has 0 unspecified atom stereocenters. The summed E-state index contributed by atoms with van der Waals surface area (Å²) in [5, 5.41) is -0.127. The maximum atomic E-state index is 12.2. The lowest BCUT2D eigenvalue weighted by molar-refractivity contribution is -0.0492. The maximum absolute atomic E-state index is 12.2. The molecule has 1 fully saturated rings. The predicted octanol–water partition coefficient (Wildman–Crippen LogP) is 6.49. The molecule has 0 saturated carbocycles. The van der Waals surface area contributed by atoms with Crippen molar-refractivity contribution < 1.29 is 27.6 Å². The second-order valence-corrected chi connectivity index (χ2v) is 30.0. The summed E-state index contributed by atoms with van der Waals surface area (Å²) in [6, 6.07) is 0. The smallest absolute Gasteiger partial charge is 0.269 e. The number of primary amides is 1. The highest BCUT2D eigenvalue weighted by Crippen LogP contribution is 2.46. The van der Waals surface area contributed by atoms with Gasteiger partial charge >= 0.3 is 0 Å². The first-order valence-electron chi connectivity index (χ1n) is 14.2. The number of nitrogens with zero attached hydrogens (tertiary/aromatic N) is 2. The summed E-state index contributed by atoms with van der Waals surface area (Å²) in [4.78, 5) is 28.5. The van der Waals surface area contributed by atoms with Crippen molar-refractivity contribution in [3.8, 4) is 0 Å². The van der Waals surface area contributed by atoms with Gasteiger partial charge in [0.15, 0.2) is 43.2 Å². The molecular formula is C28H55N3O6Si3. The third-order valence-corrected chi connectivity index (χ3v) is 23.1. The number of hydrogen-bond acceptors (Lipinski definition) is 7. The third-order valence-electron chi connectivity index (χ3n) is 9.63. The van der Waals surface area contributed by atoms with E-state index in [2.05, 4.69) is 107 Å². The van der Waals surface area contributed by atoms with Gasteiger partial charge in [0.1, 0.15) is 24.0 Å². The molecule has 0 aromatic carbocycles. The third kappa shape index (κ3) is 7.24. The van der Waals surface area contributed by atoms with E-state index in [9.17, 15) is 9.59 Å². The number of carbonyl (C=O) groups excluding carboxylic acids is 2. The Labute approximate surface area is 245 Å². The van der Waals surface area contributed by atoms with Gasteiger partial charge in [-0.15, -0.1) is 0 Å². The van der Waals surface area contributed by atoms with E-state index in [1.807, 2.05) is 0 Å². The van der Waals surface area contributed by atoms with Crippen LogP contribution in [0.2, 0.25) is 54.4 Å². The Morgan fingerprint density at radius 3 is 1.75 bits per heavy atom. The zero-order valence-corrected chi connectivity index (χ0v) is 30.6. The average molecular weight is 614 g/mol. The van der Waals surface area contributed by atoms with Crippen LogP contribution in [0, 0.1) is 0 Å². The molecule has 1 amide bonds. The minimum atomic E-state index is -2.36. The van der Waals surface area contributed by atoms with E-state index in [0.717, 1.165) is 0 Å². The Kier molecular flexibility index (Phi) is 10.1. The molecule has 2 N–H and O–H groups in total. The summed E-state index contributed by atoms with van der Waals surface area (Å²) >= 11 is 0. The van der Waals surface area contributed by atoms with Gasteiger partial charge < -0.3 is 23.7 Å². The van der Waals surface area contributed by atoms with Gasteiger partial charge in [-0.05, 0) is 54.4 Å². The van der Waals surface area contributed by atoms with Crippen molar-refractivity contribution in [3.63, 3.8) is 0 Å². The number of imidazole rings is 1. The number of aldehydes is 1. The molecule has 0 radical (unpaired) electrons. The molecule has 1 saturated heterocycles. The Balaban J connectivity index is 2.71. The SMILES string of the molecule is CC(C)(C)[Si](C)(C)OC[C@H]1O[C@@H](n2cnc(C(N)=O)c2C=O)[C@H](O[Si](C)(C)C(C)(C)C)[C@@H]1O[Si](C)(C)C(C)(C)C. The molecule has 1 aromatic rings. The second-order valence-electron chi connectivity index (χ2n) is 15.7. The fourth-order valence-electron chi connectivity index (χ4n) is 3.75. The lowest BCUT2D eigenvalue weighted by Crippen LogP contribution is -2.54. The van der Waals surface area contributed by atoms with Crippen LogP contribution in [0.15, 0.2) is 6.33 Å². The molecule has 9 nitrogen and oxygen atoms in total. The van der Waals surface area contributed by atoms with Gasteiger partial charge in [0, 0.05) is 0 Å². The van der Waals surface area contributed by atoms with Crippen molar-refractivity contribution in [2.24, 2.45) is 5.73 Å². The molecule has 4 atom stereocenters. The van der Waals surface area contributed by atoms with Gasteiger partial charge in [0.05, 0.1) is 12.9 Å². The van der Waals surface area contributed by atoms with E-state index >= 15 is 0 Å². The van der Waals surface area contributed by atoms with Crippen LogP contribution in [0.1, 0.15) is 89.5 Å². The Morgan fingerprint density at radius 2 is 1.35 bits per heavy atom. The molecule has 2 rings (SSSR count). The largest absolute Gasteiger partial charge is 0.414 e. The lowest BCUT2D eigenvalue weighted by Gasteiger charge is -2.44. The average Bonchev–Trinajstić information content (AvgIpc) is 3.31. The summed E-state index contributed by atoms with van der Waals surface area (Å²) in [6.45, 7) is 33.4.